The van der Waals surface area contributed by atoms with Gasteiger partial charge in [-0.3, -0.25) is 14.6 Å². The molecule has 4 rings (SSSR count). The van der Waals surface area contributed by atoms with Crippen molar-refractivity contribution in [2.75, 3.05) is 37.4 Å². The maximum atomic E-state index is 12.3. The molecule has 1 fully saturated rings. The minimum absolute atomic E-state index is 0.214. The lowest BCUT2D eigenvalue weighted by atomic mass is 9.99. The van der Waals surface area contributed by atoms with Crippen LogP contribution in [-0.4, -0.2) is 53.0 Å². The fourth-order valence-corrected chi connectivity index (χ4v) is 3.48. The van der Waals surface area contributed by atoms with Gasteiger partial charge in [-0.25, -0.2) is 4.98 Å². The number of anilines is 2. The first kappa shape index (κ1) is 20.5. The first-order valence-electron chi connectivity index (χ1n) is 9.97. The fourth-order valence-electron chi connectivity index (χ4n) is 3.48. The lowest BCUT2D eigenvalue weighted by molar-refractivity contribution is -0.130. The number of nitrogen functional groups attached to an aromatic ring is 1. The number of amides is 2. The smallest absolute Gasteiger partial charge is 0.249 e. The molecular formula is C23H23N5O3. The van der Waals surface area contributed by atoms with Crippen LogP contribution in [0.4, 0.5) is 11.5 Å². The molecule has 3 aromatic rings. The van der Waals surface area contributed by atoms with E-state index in [9.17, 15) is 9.59 Å². The third-order valence-electron chi connectivity index (χ3n) is 5.17. The zero-order valence-electron chi connectivity index (χ0n) is 17.2. The number of aromatic nitrogens is 2. The van der Waals surface area contributed by atoms with E-state index in [1.54, 1.807) is 29.6 Å². The molecule has 1 aliphatic rings. The van der Waals surface area contributed by atoms with Crippen molar-refractivity contribution in [1.29, 1.82) is 0 Å². The van der Waals surface area contributed by atoms with Crippen molar-refractivity contribution in [3.63, 3.8) is 0 Å². The van der Waals surface area contributed by atoms with E-state index >= 15 is 0 Å². The van der Waals surface area contributed by atoms with Gasteiger partial charge < -0.3 is 20.7 Å². The second-order valence-corrected chi connectivity index (χ2v) is 7.31. The predicted octanol–water partition coefficient (Wildman–Crippen LogP) is 2.54. The molecule has 2 aromatic heterocycles. The Balaban J connectivity index is 1.53. The largest absolute Gasteiger partial charge is 0.398 e. The molecule has 1 aliphatic heterocycles. The molecule has 158 valence electrons. The molecule has 1 aromatic carbocycles. The van der Waals surface area contributed by atoms with Crippen molar-refractivity contribution >= 4 is 34.1 Å². The number of nitrogens with zero attached hydrogens (tertiary/aromatic N) is 3. The van der Waals surface area contributed by atoms with E-state index in [1.807, 2.05) is 25.1 Å². The van der Waals surface area contributed by atoms with E-state index in [0.717, 1.165) is 27.5 Å². The summed E-state index contributed by atoms with van der Waals surface area (Å²) in [6.07, 6.45) is 7.66. The maximum Gasteiger partial charge on any atom is 0.249 e. The van der Waals surface area contributed by atoms with E-state index in [4.69, 9.17) is 10.5 Å². The van der Waals surface area contributed by atoms with Crippen LogP contribution in [0.3, 0.4) is 0 Å². The van der Waals surface area contributed by atoms with Crippen LogP contribution in [0.1, 0.15) is 5.56 Å². The van der Waals surface area contributed by atoms with Gasteiger partial charge >= 0.3 is 0 Å². The van der Waals surface area contributed by atoms with E-state index in [1.165, 1.54) is 12.2 Å². The summed E-state index contributed by atoms with van der Waals surface area (Å²) >= 11 is 0. The van der Waals surface area contributed by atoms with Crippen LogP contribution in [0.25, 0.3) is 21.9 Å². The highest BCUT2D eigenvalue weighted by atomic mass is 16.5. The molecule has 0 unspecified atom stereocenters. The number of hydrogen-bond acceptors (Lipinski definition) is 6. The average Bonchev–Trinajstić information content (AvgIpc) is 2.78. The van der Waals surface area contributed by atoms with E-state index in [-0.39, 0.29) is 5.91 Å². The second kappa shape index (κ2) is 8.93. The zero-order chi connectivity index (χ0) is 21.8. The van der Waals surface area contributed by atoms with Gasteiger partial charge in [0.15, 0.2) is 0 Å². The monoisotopic (exact) mass is 417 g/mol. The van der Waals surface area contributed by atoms with Crippen molar-refractivity contribution in [2.24, 2.45) is 0 Å². The Bertz CT molecular complexity index is 1170. The average molecular weight is 417 g/mol. The highest BCUT2D eigenvalue weighted by Gasteiger charge is 2.14. The number of hydrogen-bond donors (Lipinski definition) is 2. The summed E-state index contributed by atoms with van der Waals surface area (Å²) in [5.41, 5.74) is 9.85. The molecule has 8 heteroatoms. The minimum Gasteiger partial charge on any atom is -0.398 e. The molecule has 0 saturated carbocycles. The third-order valence-corrected chi connectivity index (χ3v) is 5.17. The molecule has 0 aliphatic carbocycles. The minimum atomic E-state index is -0.430. The highest BCUT2D eigenvalue weighted by molar-refractivity contribution is 6.04. The number of aryl methyl sites for hydroxylation is 1. The SMILES string of the molecule is Cc1ccncc1-c1cc(N)c2cnc(NC(=O)/C=C\C(=O)N3CCOCC3)cc2c1. The molecule has 0 atom stereocenters. The molecular weight excluding hydrogens is 394 g/mol. The number of benzene rings is 1. The maximum absolute atomic E-state index is 12.3. The first-order chi connectivity index (χ1) is 15.0. The molecule has 0 spiro atoms. The summed E-state index contributed by atoms with van der Waals surface area (Å²) in [5.74, 6) is -0.268. The molecule has 31 heavy (non-hydrogen) atoms. The summed E-state index contributed by atoms with van der Waals surface area (Å²) in [4.78, 5) is 34.5. The predicted molar refractivity (Wildman–Crippen MR) is 119 cm³/mol. The first-order valence-corrected chi connectivity index (χ1v) is 9.97. The van der Waals surface area contributed by atoms with Crippen LogP contribution in [0, 0.1) is 6.92 Å². The molecule has 2 amide bonds. The molecule has 3 heterocycles. The third kappa shape index (κ3) is 4.70. The normalized spacial score (nSPS) is 14.2. The second-order valence-electron chi connectivity index (χ2n) is 7.31. The van der Waals surface area contributed by atoms with Crippen molar-refractivity contribution in [1.82, 2.24) is 14.9 Å². The van der Waals surface area contributed by atoms with Gasteiger partial charge in [-0.1, -0.05) is 0 Å². The van der Waals surface area contributed by atoms with E-state index in [2.05, 4.69) is 15.3 Å². The number of ether oxygens (including phenoxy) is 1. The van der Waals surface area contributed by atoms with Gasteiger partial charge in [-0.2, -0.15) is 0 Å². The van der Waals surface area contributed by atoms with Crippen molar-refractivity contribution < 1.29 is 14.3 Å². The summed E-state index contributed by atoms with van der Waals surface area (Å²) in [6, 6.07) is 7.59. The highest BCUT2D eigenvalue weighted by Crippen LogP contribution is 2.31. The number of carbonyl (C=O) groups excluding carboxylic acids is 2. The molecule has 0 radical (unpaired) electrons. The Morgan fingerprint density at radius 3 is 2.74 bits per heavy atom. The van der Waals surface area contributed by atoms with Crippen LogP contribution in [-0.2, 0) is 14.3 Å². The standard InChI is InChI=1S/C23H23N5O3/c1-15-4-5-25-13-18(15)16-10-17-12-21(26-14-19(17)20(24)11-16)27-22(29)2-3-23(30)28-6-8-31-9-7-28/h2-5,10-14H,6-9,24H2,1H3,(H,26,27,29)/b3-2-. The summed E-state index contributed by atoms with van der Waals surface area (Å²) in [6.45, 7) is 4.08. The van der Waals surface area contributed by atoms with Crippen molar-refractivity contribution in [3.05, 3.63) is 60.6 Å². The van der Waals surface area contributed by atoms with Crippen molar-refractivity contribution in [3.8, 4) is 11.1 Å². The Hall–Kier alpha value is -3.78. The number of fused-ring (bicyclic) bond motifs is 1. The van der Waals surface area contributed by atoms with Gasteiger partial charge in [0.25, 0.3) is 0 Å². The van der Waals surface area contributed by atoms with Gasteiger partial charge in [0.05, 0.1) is 13.2 Å². The van der Waals surface area contributed by atoms with E-state index < -0.39 is 5.91 Å². The topological polar surface area (TPSA) is 110 Å². The van der Waals surface area contributed by atoms with Gasteiger partial charge in [-0.15, -0.1) is 0 Å². The van der Waals surface area contributed by atoms with Crippen LogP contribution < -0.4 is 11.1 Å². The van der Waals surface area contributed by atoms with Crippen LogP contribution in [0.15, 0.2) is 55.0 Å². The van der Waals surface area contributed by atoms with Gasteiger partial charge in [0, 0.05) is 60.5 Å². The summed E-state index contributed by atoms with van der Waals surface area (Å²) in [7, 11) is 0. The zero-order valence-corrected chi connectivity index (χ0v) is 17.2. The number of nitrogens with one attached hydrogen (secondary N) is 1. The summed E-state index contributed by atoms with van der Waals surface area (Å²) < 4.78 is 5.22. The molecule has 3 N–H and O–H groups in total. The van der Waals surface area contributed by atoms with Gasteiger partial charge in [0.2, 0.25) is 11.8 Å². The Kier molecular flexibility index (Phi) is 5.90. The number of pyridine rings is 2. The van der Waals surface area contributed by atoms with Crippen LogP contribution in [0.5, 0.6) is 0 Å². The number of nitrogens with two attached hydrogens (primary N) is 1. The number of carbonyl (C=O) groups is 2. The van der Waals surface area contributed by atoms with Crippen LogP contribution >= 0.6 is 0 Å². The Labute approximate surface area is 179 Å². The molecule has 1 saturated heterocycles. The Morgan fingerprint density at radius 1 is 1.16 bits per heavy atom. The number of morpholine rings is 1. The molecule has 0 bridgehead atoms. The van der Waals surface area contributed by atoms with Gasteiger partial charge in [-0.05, 0) is 47.7 Å². The van der Waals surface area contributed by atoms with E-state index in [0.29, 0.717) is 37.8 Å². The lowest BCUT2D eigenvalue weighted by Gasteiger charge is -2.25. The fraction of sp³-hybridized carbons (Fsp3) is 0.217. The van der Waals surface area contributed by atoms with Gasteiger partial charge in [0.1, 0.15) is 5.82 Å². The summed E-state index contributed by atoms with van der Waals surface area (Å²) in [5, 5.41) is 4.33. The van der Waals surface area contributed by atoms with Crippen LogP contribution in [0.2, 0.25) is 0 Å². The van der Waals surface area contributed by atoms with Crippen molar-refractivity contribution in [2.45, 2.75) is 6.92 Å². The Morgan fingerprint density at radius 2 is 1.97 bits per heavy atom. The molecule has 8 nitrogen and oxygen atoms in total. The quantitative estimate of drug-likeness (QED) is 0.499. The lowest BCUT2D eigenvalue weighted by Crippen LogP contribution is -2.39. The number of rotatable bonds is 4.